The molecule has 3 aromatic heterocycles. The summed E-state index contributed by atoms with van der Waals surface area (Å²) in [6, 6.07) is 11.4. The first-order valence-corrected chi connectivity index (χ1v) is 10.1. The van der Waals surface area contributed by atoms with Crippen molar-refractivity contribution in [2.24, 2.45) is 0 Å². The van der Waals surface area contributed by atoms with Crippen molar-refractivity contribution in [1.29, 1.82) is 0 Å². The third kappa shape index (κ3) is 4.24. The van der Waals surface area contributed by atoms with Crippen molar-refractivity contribution in [1.82, 2.24) is 19.5 Å². The van der Waals surface area contributed by atoms with Gasteiger partial charge in [-0.3, -0.25) is 24.3 Å². The molecule has 1 saturated heterocycles. The predicted molar refractivity (Wildman–Crippen MR) is 111 cm³/mol. The maximum atomic E-state index is 12.3. The molecule has 2 N–H and O–H groups in total. The molecule has 0 radical (unpaired) electrons. The number of aryl methyl sites for hydroxylation is 2. The number of nitrogens with one attached hydrogen (secondary N) is 1. The summed E-state index contributed by atoms with van der Waals surface area (Å²) < 4.78 is 7.15. The van der Waals surface area contributed by atoms with Crippen LogP contribution in [0.15, 0.2) is 58.4 Å². The minimum absolute atomic E-state index is 0.309. The summed E-state index contributed by atoms with van der Waals surface area (Å²) in [6.07, 6.45) is 3.67. The molecular weight excluding hydrogens is 384 g/mol. The second-order valence-electron chi connectivity index (χ2n) is 7.39. The topological polar surface area (TPSA) is 110 Å². The number of pyridine rings is 2. The van der Waals surface area contributed by atoms with E-state index in [-0.39, 0.29) is 6.10 Å². The molecule has 8 nitrogen and oxygen atoms in total. The zero-order valence-corrected chi connectivity index (χ0v) is 16.7. The van der Waals surface area contributed by atoms with Gasteiger partial charge in [0.15, 0.2) is 0 Å². The number of hydrogen-bond donors (Lipinski definition) is 2. The zero-order valence-electron chi connectivity index (χ0n) is 16.7. The van der Waals surface area contributed by atoms with Gasteiger partial charge in [-0.25, -0.2) is 4.79 Å². The van der Waals surface area contributed by atoms with Crippen LogP contribution in [0.3, 0.4) is 0 Å². The van der Waals surface area contributed by atoms with Gasteiger partial charge in [-0.1, -0.05) is 19.1 Å². The number of aliphatic hydroxyl groups is 1. The van der Waals surface area contributed by atoms with E-state index in [4.69, 9.17) is 4.74 Å². The van der Waals surface area contributed by atoms with E-state index < -0.39 is 23.6 Å². The molecule has 0 bridgehead atoms. The molecule has 1 fully saturated rings. The van der Waals surface area contributed by atoms with E-state index in [0.717, 1.165) is 17.1 Å². The van der Waals surface area contributed by atoms with E-state index in [1.165, 1.54) is 4.57 Å². The molecule has 0 saturated carbocycles. The Labute approximate surface area is 173 Å². The molecule has 4 rings (SSSR count). The van der Waals surface area contributed by atoms with Crippen LogP contribution in [0.2, 0.25) is 0 Å². The maximum Gasteiger partial charge on any atom is 0.330 e. The highest BCUT2D eigenvalue weighted by Gasteiger charge is 2.34. The highest BCUT2D eigenvalue weighted by molar-refractivity contribution is 5.53. The molecule has 1 aliphatic rings. The number of hydrogen-bond acceptors (Lipinski definition) is 6. The zero-order chi connectivity index (χ0) is 21.1. The van der Waals surface area contributed by atoms with Crippen molar-refractivity contribution >= 4 is 0 Å². The Kier molecular flexibility index (Phi) is 5.87. The van der Waals surface area contributed by atoms with Crippen LogP contribution < -0.4 is 11.2 Å². The average Bonchev–Trinajstić information content (AvgIpc) is 3.14. The van der Waals surface area contributed by atoms with Gasteiger partial charge in [-0.05, 0) is 43.5 Å². The smallest absolute Gasteiger partial charge is 0.330 e. The summed E-state index contributed by atoms with van der Waals surface area (Å²) in [5.41, 5.74) is 1.90. The molecule has 156 valence electrons. The highest BCUT2D eigenvalue weighted by Crippen LogP contribution is 2.29. The Balaban J connectivity index is 1.53. The molecule has 3 aromatic rings. The number of rotatable bonds is 6. The van der Waals surface area contributed by atoms with Crippen LogP contribution in [0.5, 0.6) is 0 Å². The number of ether oxygens (including phenoxy) is 1. The lowest BCUT2D eigenvalue weighted by atomic mass is 10.1. The van der Waals surface area contributed by atoms with Crippen LogP contribution >= 0.6 is 0 Å². The molecule has 8 heteroatoms. The van der Waals surface area contributed by atoms with E-state index in [9.17, 15) is 14.7 Å². The number of aromatic nitrogens is 4. The van der Waals surface area contributed by atoms with Crippen molar-refractivity contribution < 1.29 is 9.84 Å². The summed E-state index contributed by atoms with van der Waals surface area (Å²) in [5.74, 6) is 0. The molecule has 0 spiro atoms. The van der Waals surface area contributed by atoms with Crippen LogP contribution in [-0.4, -0.2) is 36.8 Å². The Morgan fingerprint density at radius 3 is 2.73 bits per heavy atom. The van der Waals surface area contributed by atoms with E-state index in [1.54, 1.807) is 12.4 Å². The Bertz CT molecular complexity index is 1130. The van der Waals surface area contributed by atoms with Gasteiger partial charge in [0.05, 0.1) is 23.6 Å². The molecule has 4 heterocycles. The van der Waals surface area contributed by atoms with Crippen LogP contribution in [0.25, 0.3) is 11.4 Å². The van der Waals surface area contributed by atoms with Gasteiger partial charge in [-0.15, -0.1) is 0 Å². The van der Waals surface area contributed by atoms with Crippen LogP contribution in [-0.2, 0) is 17.6 Å². The standard InChI is InChI=1S/C22H24N4O4/c1-2-19-18(27)12-20(30-19)26-13-14(21(28)25-22(26)29)9-10-15-6-5-8-17(24-15)16-7-3-4-11-23-16/h3-8,11,13,18-20,27H,2,9-10,12H2,1H3,(H,25,28,29)/t18?,19-,20-/m1/s1. The summed E-state index contributed by atoms with van der Waals surface area (Å²) >= 11 is 0. The van der Waals surface area contributed by atoms with Gasteiger partial charge in [0, 0.05) is 30.1 Å². The Morgan fingerprint density at radius 2 is 2.00 bits per heavy atom. The first kappa shape index (κ1) is 20.2. The monoisotopic (exact) mass is 408 g/mol. The number of aromatic amines is 1. The van der Waals surface area contributed by atoms with Crippen molar-refractivity contribution in [3.05, 3.63) is 80.9 Å². The molecular formula is C22H24N4O4. The summed E-state index contributed by atoms with van der Waals surface area (Å²) in [7, 11) is 0. The van der Waals surface area contributed by atoms with Crippen LogP contribution in [0.1, 0.15) is 37.3 Å². The molecule has 0 amide bonds. The van der Waals surface area contributed by atoms with Crippen molar-refractivity contribution in [3.8, 4) is 11.4 Å². The lowest BCUT2D eigenvalue weighted by molar-refractivity contribution is -0.0218. The quantitative estimate of drug-likeness (QED) is 0.644. The second-order valence-corrected chi connectivity index (χ2v) is 7.39. The Hall–Kier alpha value is -3.10. The number of nitrogens with zero attached hydrogens (tertiary/aromatic N) is 3. The van der Waals surface area contributed by atoms with E-state index >= 15 is 0 Å². The van der Waals surface area contributed by atoms with Crippen molar-refractivity contribution in [2.75, 3.05) is 0 Å². The van der Waals surface area contributed by atoms with E-state index in [1.807, 2.05) is 43.3 Å². The first-order chi connectivity index (χ1) is 14.5. The SMILES string of the molecule is CC[C@H]1O[C@@H](n2cc(CCc3cccc(-c4ccccn4)n3)c(=O)[nH]c2=O)CC1O. The van der Waals surface area contributed by atoms with Gasteiger partial charge in [-0.2, -0.15) is 0 Å². The lowest BCUT2D eigenvalue weighted by Crippen LogP contribution is -2.34. The van der Waals surface area contributed by atoms with Crippen molar-refractivity contribution in [2.45, 2.75) is 51.0 Å². The van der Waals surface area contributed by atoms with E-state index in [2.05, 4.69) is 15.0 Å². The van der Waals surface area contributed by atoms with Gasteiger partial charge in [0.2, 0.25) is 0 Å². The van der Waals surface area contributed by atoms with Gasteiger partial charge >= 0.3 is 5.69 Å². The molecule has 0 aliphatic carbocycles. The van der Waals surface area contributed by atoms with Crippen LogP contribution in [0, 0.1) is 0 Å². The molecule has 0 aromatic carbocycles. The van der Waals surface area contributed by atoms with E-state index in [0.29, 0.717) is 31.2 Å². The van der Waals surface area contributed by atoms with Crippen LogP contribution in [0.4, 0.5) is 0 Å². The Morgan fingerprint density at radius 1 is 1.17 bits per heavy atom. The third-order valence-electron chi connectivity index (χ3n) is 5.34. The summed E-state index contributed by atoms with van der Waals surface area (Å²) in [4.78, 5) is 35.9. The van der Waals surface area contributed by atoms with Gasteiger partial charge in [0.25, 0.3) is 5.56 Å². The molecule has 30 heavy (non-hydrogen) atoms. The second kappa shape index (κ2) is 8.73. The maximum absolute atomic E-state index is 12.3. The average molecular weight is 408 g/mol. The fraction of sp³-hybridized carbons (Fsp3) is 0.364. The molecule has 1 aliphatic heterocycles. The van der Waals surface area contributed by atoms with Gasteiger partial charge < -0.3 is 9.84 Å². The minimum Gasteiger partial charge on any atom is -0.390 e. The largest absolute Gasteiger partial charge is 0.390 e. The normalized spacial score (nSPS) is 21.1. The summed E-state index contributed by atoms with van der Waals surface area (Å²) in [6.45, 7) is 1.92. The molecule has 1 unspecified atom stereocenters. The van der Waals surface area contributed by atoms with Gasteiger partial charge in [0.1, 0.15) is 6.23 Å². The number of aliphatic hydroxyl groups excluding tert-OH is 1. The fourth-order valence-electron chi connectivity index (χ4n) is 3.71. The minimum atomic E-state index is -0.624. The number of H-pyrrole nitrogens is 1. The predicted octanol–water partition coefficient (Wildman–Crippen LogP) is 1.84. The summed E-state index contributed by atoms with van der Waals surface area (Å²) in [5, 5.41) is 10.1. The lowest BCUT2D eigenvalue weighted by Gasteiger charge is -2.15. The fourth-order valence-corrected chi connectivity index (χ4v) is 3.71. The first-order valence-electron chi connectivity index (χ1n) is 10.1. The third-order valence-corrected chi connectivity index (χ3v) is 5.34. The highest BCUT2D eigenvalue weighted by atomic mass is 16.5. The molecule has 3 atom stereocenters. The van der Waals surface area contributed by atoms with Crippen molar-refractivity contribution in [3.63, 3.8) is 0 Å².